The molecule has 0 amide bonds. The third-order valence-corrected chi connectivity index (χ3v) is 6.16. The molecule has 0 fully saturated rings. The van der Waals surface area contributed by atoms with Crippen molar-refractivity contribution in [2.45, 2.75) is 57.1 Å². The predicted octanol–water partition coefficient (Wildman–Crippen LogP) is 2.56. The SMILES string of the molecule is C/C=C/C(CCCCCCCCOCCOS(=O)(=O)OC)S(=O)(=O)OC. The van der Waals surface area contributed by atoms with Crippen LogP contribution in [0.1, 0.15) is 51.9 Å². The van der Waals surface area contributed by atoms with Crippen LogP contribution in [0.25, 0.3) is 0 Å². The minimum absolute atomic E-state index is 0.0616. The molecule has 0 aliphatic rings. The van der Waals surface area contributed by atoms with Gasteiger partial charge in [-0.3, -0.25) is 8.37 Å². The van der Waals surface area contributed by atoms with Crippen LogP contribution in [0, 0.1) is 0 Å². The largest absolute Gasteiger partial charge is 0.399 e. The Hall–Kier alpha value is -0.520. The summed E-state index contributed by atoms with van der Waals surface area (Å²) < 4.78 is 63.7. The summed E-state index contributed by atoms with van der Waals surface area (Å²) in [6.45, 7) is 2.48. The minimum atomic E-state index is -3.88. The first-order valence-corrected chi connectivity index (χ1v) is 11.5. The first-order chi connectivity index (χ1) is 12.3. The lowest BCUT2D eigenvalue weighted by molar-refractivity contribution is 0.0928. The predicted molar refractivity (Wildman–Crippen MR) is 99.5 cm³/mol. The molecule has 0 heterocycles. The number of rotatable bonds is 17. The van der Waals surface area contributed by atoms with E-state index in [1.165, 1.54) is 7.11 Å². The lowest BCUT2D eigenvalue weighted by Crippen LogP contribution is -2.20. The van der Waals surface area contributed by atoms with Crippen molar-refractivity contribution in [2.24, 2.45) is 0 Å². The first-order valence-electron chi connectivity index (χ1n) is 8.74. The van der Waals surface area contributed by atoms with Crippen LogP contribution >= 0.6 is 0 Å². The maximum Gasteiger partial charge on any atom is 0.399 e. The molecule has 0 saturated carbocycles. The van der Waals surface area contributed by atoms with Gasteiger partial charge in [0.2, 0.25) is 0 Å². The molecule has 0 aliphatic heterocycles. The van der Waals surface area contributed by atoms with Crippen LogP contribution in [-0.4, -0.2) is 56.1 Å². The van der Waals surface area contributed by atoms with Gasteiger partial charge < -0.3 is 4.74 Å². The molecule has 0 aromatic heterocycles. The highest BCUT2D eigenvalue weighted by Gasteiger charge is 2.21. The highest BCUT2D eigenvalue weighted by molar-refractivity contribution is 7.87. The van der Waals surface area contributed by atoms with E-state index in [9.17, 15) is 16.8 Å². The van der Waals surface area contributed by atoms with E-state index in [0.717, 1.165) is 45.6 Å². The molecule has 0 aliphatic carbocycles. The van der Waals surface area contributed by atoms with Gasteiger partial charge in [0.15, 0.2) is 0 Å². The van der Waals surface area contributed by atoms with E-state index in [4.69, 9.17) is 4.74 Å². The Labute approximate surface area is 158 Å². The first kappa shape index (κ1) is 25.5. The van der Waals surface area contributed by atoms with Gasteiger partial charge in [-0.1, -0.05) is 44.3 Å². The highest BCUT2D eigenvalue weighted by atomic mass is 32.3. The quantitative estimate of drug-likeness (QED) is 0.202. The van der Waals surface area contributed by atoms with E-state index in [1.54, 1.807) is 19.1 Å². The van der Waals surface area contributed by atoms with Crippen molar-refractivity contribution >= 4 is 20.5 Å². The molecule has 0 N–H and O–H groups in total. The fourth-order valence-electron chi connectivity index (χ4n) is 2.28. The molecule has 0 aromatic carbocycles. The van der Waals surface area contributed by atoms with Crippen LogP contribution in [-0.2, 0) is 37.8 Å². The standard InChI is InChI=1S/C16H32O8S2/c1-4-11-16(25(17,18)21-2)12-9-7-5-6-8-10-13-23-14-15-24-26(19,20)22-3/h4,11,16H,5-10,12-15H2,1-3H3/b11-4+. The second-order valence-electron chi connectivity index (χ2n) is 5.64. The van der Waals surface area contributed by atoms with Gasteiger partial charge in [-0.25, -0.2) is 4.18 Å². The maximum absolute atomic E-state index is 11.7. The van der Waals surface area contributed by atoms with Gasteiger partial charge in [0.25, 0.3) is 10.1 Å². The number of allylic oxidation sites excluding steroid dienone is 1. The molecule has 0 saturated heterocycles. The van der Waals surface area contributed by atoms with Gasteiger partial charge in [-0.2, -0.15) is 16.8 Å². The number of hydrogen-bond acceptors (Lipinski definition) is 8. The maximum atomic E-state index is 11.7. The van der Waals surface area contributed by atoms with E-state index in [0.29, 0.717) is 13.0 Å². The zero-order valence-corrected chi connectivity index (χ0v) is 17.5. The van der Waals surface area contributed by atoms with Gasteiger partial charge in [-0.05, 0) is 19.8 Å². The summed E-state index contributed by atoms with van der Waals surface area (Å²) >= 11 is 0. The van der Waals surface area contributed by atoms with E-state index in [2.05, 4.69) is 12.5 Å². The van der Waals surface area contributed by atoms with Crippen LogP contribution in [0.5, 0.6) is 0 Å². The molecule has 10 heteroatoms. The summed E-state index contributed by atoms with van der Waals surface area (Å²) in [5, 5.41) is -0.574. The average molecular weight is 417 g/mol. The van der Waals surface area contributed by atoms with Crippen LogP contribution in [0.15, 0.2) is 12.2 Å². The Kier molecular flexibility index (Phi) is 14.2. The number of ether oxygens (including phenoxy) is 1. The molecule has 0 radical (unpaired) electrons. The van der Waals surface area contributed by atoms with Crippen LogP contribution < -0.4 is 0 Å². The number of hydrogen-bond donors (Lipinski definition) is 0. The van der Waals surface area contributed by atoms with Crippen molar-refractivity contribution < 1.29 is 34.1 Å². The fourth-order valence-corrected chi connectivity index (χ4v) is 3.70. The summed E-state index contributed by atoms with van der Waals surface area (Å²) in [7, 11) is -5.16. The minimum Gasteiger partial charge on any atom is -0.379 e. The zero-order chi connectivity index (χ0) is 19.9. The zero-order valence-electron chi connectivity index (χ0n) is 15.9. The Morgan fingerprint density at radius 2 is 1.42 bits per heavy atom. The Bertz CT molecular complexity index is 569. The van der Waals surface area contributed by atoms with Crippen molar-refractivity contribution in [1.82, 2.24) is 0 Å². The van der Waals surface area contributed by atoms with Gasteiger partial charge in [0, 0.05) is 6.61 Å². The monoisotopic (exact) mass is 416 g/mol. The third kappa shape index (κ3) is 12.8. The topological polar surface area (TPSA) is 105 Å². The van der Waals surface area contributed by atoms with Crippen LogP contribution in [0.3, 0.4) is 0 Å². The summed E-state index contributed by atoms with van der Waals surface area (Å²) in [6, 6.07) is 0. The molecule has 0 aromatic rings. The Morgan fingerprint density at radius 1 is 0.808 bits per heavy atom. The summed E-state index contributed by atoms with van der Waals surface area (Å²) in [6.07, 6.45) is 9.73. The fraction of sp³-hybridized carbons (Fsp3) is 0.875. The second-order valence-corrected chi connectivity index (χ2v) is 8.95. The molecule has 156 valence electrons. The molecular weight excluding hydrogens is 384 g/mol. The van der Waals surface area contributed by atoms with Crippen molar-refractivity contribution in [2.75, 3.05) is 34.0 Å². The lowest BCUT2D eigenvalue weighted by atomic mass is 10.1. The van der Waals surface area contributed by atoms with Crippen molar-refractivity contribution in [3.05, 3.63) is 12.2 Å². The molecular formula is C16H32O8S2. The van der Waals surface area contributed by atoms with E-state index >= 15 is 0 Å². The molecule has 8 nitrogen and oxygen atoms in total. The molecule has 1 unspecified atom stereocenters. The Morgan fingerprint density at radius 3 is 2.00 bits per heavy atom. The molecule has 1 atom stereocenters. The van der Waals surface area contributed by atoms with E-state index in [1.807, 2.05) is 0 Å². The van der Waals surface area contributed by atoms with E-state index < -0.39 is 25.8 Å². The highest BCUT2D eigenvalue weighted by Crippen LogP contribution is 2.15. The van der Waals surface area contributed by atoms with Crippen LogP contribution in [0.4, 0.5) is 0 Å². The van der Waals surface area contributed by atoms with Gasteiger partial charge in [0.1, 0.15) is 5.25 Å². The molecule has 0 rings (SSSR count). The smallest absolute Gasteiger partial charge is 0.379 e. The Balaban J connectivity index is 3.59. The molecule has 0 spiro atoms. The summed E-state index contributed by atoms with van der Waals surface area (Å²) in [5.41, 5.74) is 0. The lowest BCUT2D eigenvalue weighted by Gasteiger charge is -2.11. The van der Waals surface area contributed by atoms with Crippen molar-refractivity contribution in [3.63, 3.8) is 0 Å². The number of unbranched alkanes of at least 4 members (excludes halogenated alkanes) is 5. The third-order valence-electron chi connectivity index (χ3n) is 3.70. The van der Waals surface area contributed by atoms with Crippen LogP contribution in [0.2, 0.25) is 0 Å². The summed E-state index contributed by atoms with van der Waals surface area (Å²) in [5.74, 6) is 0. The van der Waals surface area contributed by atoms with Crippen molar-refractivity contribution in [1.29, 1.82) is 0 Å². The van der Waals surface area contributed by atoms with Crippen molar-refractivity contribution in [3.8, 4) is 0 Å². The van der Waals surface area contributed by atoms with E-state index in [-0.39, 0.29) is 13.2 Å². The van der Waals surface area contributed by atoms with Gasteiger partial charge >= 0.3 is 10.4 Å². The summed E-state index contributed by atoms with van der Waals surface area (Å²) in [4.78, 5) is 0. The molecule has 0 bridgehead atoms. The second kappa shape index (κ2) is 14.5. The van der Waals surface area contributed by atoms with Gasteiger partial charge in [-0.15, -0.1) is 0 Å². The van der Waals surface area contributed by atoms with Gasteiger partial charge in [0.05, 0.1) is 27.4 Å². The molecule has 26 heavy (non-hydrogen) atoms. The average Bonchev–Trinajstić information content (AvgIpc) is 2.61. The normalized spacial score (nSPS) is 14.1.